The highest BCUT2D eigenvalue weighted by Gasteiger charge is 2.27. The maximum atomic E-state index is 11.9. The molecule has 5 nitrogen and oxygen atoms in total. The Morgan fingerprint density at radius 1 is 1.38 bits per heavy atom. The Morgan fingerprint density at radius 2 is 2.05 bits per heavy atom. The van der Waals surface area contributed by atoms with Crippen molar-refractivity contribution in [2.45, 2.75) is 25.8 Å². The van der Waals surface area contributed by atoms with Crippen molar-refractivity contribution in [3.05, 3.63) is 35.4 Å². The smallest absolute Gasteiger partial charge is 0.244 e. The van der Waals surface area contributed by atoms with Gasteiger partial charge in [0.25, 0.3) is 0 Å². The predicted octanol–water partition coefficient (Wildman–Crippen LogP) is 1.27. The van der Waals surface area contributed by atoms with Crippen molar-refractivity contribution in [3.63, 3.8) is 0 Å². The fourth-order valence-electron chi connectivity index (χ4n) is 1.89. The molecule has 0 bridgehead atoms. The summed E-state index contributed by atoms with van der Waals surface area (Å²) in [7, 11) is 1.57. The number of aliphatic hydroxyl groups is 2. The molecule has 0 aliphatic rings. The van der Waals surface area contributed by atoms with Gasteiger partial charge in [-0.3, -0.25) is 4.79 Å². The van der Waals surface area contributed by atoms with Crippen LogP contribution in [0.1, 0.15) is 24.5 Å². The summed E-state index contributed by atoms with van der Waals surface area (Å²) in [5.74, 6) is 0.305. The molecule has 1 amide bonds. The van der Waals surface area contributed by atoms with Gasteiger partial charge in [0.2, 0.25) is 5.91 Å². The van der Waals surface area contributed by atoms with Gasteiger partial charge < -0.3 is 20.3 Å². The molecule has 0 spiro atoms. The Labute approximate surface area is 125 Å². The average Bonchev–Trinajstić information content (AvgIpc) is 2.51. The van der Waals surface area contributed by atoms with E-state index < -0.39 is 5.54 Å². The number of carbonyl (C=O) groups excluding carboxylic acids is 1. The quantitative estimate of drug-likeness (QED) is 0.661. The molecule has 3 N–H and O–H groups in total. The normalized spacial score (nSPS) is 11.7. The average molecular weight is 293 g/mol. The number of hydrogen-bond donors (Lipinski definition) is 3. The molecule has 1 aromatic rings. The second-order valence-corrected chi connectivity index (χ2v) is 5.02. The van der Waals surface area contributed by atoms with Crippen LogP contribution in [0.15, 0.2) is 24.3 Å². The number of ether oxygens (including phenoxy) is 1. The van der Waals surface area contributed by atoms with Crippen LogP contribution in [-0.4, -0.2) is 42.0 Å². The van der Waals surface area contributed by atoms with Crippen LogP contribution < -0.4 is 10.1 Å². The molecule has 1 aromatic carbocycles. The topological polar surface area (TPSA) is 78.8 Å². The minimum atomic E-state index is -0.988. The van der Waals surface area contributed by atoms with Gasteiger partial charge >= 0.3 is 0 Å². The Balaban J connectivity index is 2.85. The van der Waals surface area contributed by atoms with E-state index in [-0.39, 0.29) is 19.1 Å². The summed E-state index contributed by atoms with van der Waals surface area (Å²) in [4.78, 5) is 11.9. The number of rotatable bonds is 7. The van der Waals surface area contributed by atoms with Crippen LogP contribution in [0.3, 0.4) is 0 Å². The molecule has 0 atom stereocenters. The van der Waals surface area contributed by atoms with E-state index >= 15 is 0 Å². The van der Waals surface area contributed by atoms with Gasteiger partial charge in [-0.25, -0.2) is 0 Å². The molecule has 116 valence electrons. The summed E-state index contributed by atoms with van der Waals surface area (Å²) in [6.07, 6.45) is 3.46. The first-order valence-corrected chi connectivity index (χ1v) is 6.87. The number of carbonyl (C=O) groups is 1. The maximum absolute atomic E-state index is 11.9. The van der Waals surface area contributed by atoms with Gasteiger partial charge in [-0.05, 0) is 31.6 Å². The van der Waals surface area contributed by atoms with Crippen LogP contribution in [0.25, 0.3) is 6.08 Å². The van der Waals surface area contributed by atoms with Gasteiger partial charge in [-0.2, -0.15) is 0 Å². The summed E-state index contributed by atoms with van der Waals surface area (Å²) in [6.45, 7) is 3.12. The van der Waals surface area contributed by atoms with E-state index in [9.17, 15) is 15.0 Å². The second kappa shape index (κ2) is 7.81. The molecular formula is C16H23NO4. The molecule has 21 heavy (non-hydrogen) atoms. The monoisotopic (exact) mass is 293 g/mol. The summed E-state index contributed by atoms with van der Waals surface area (Å²) in [5, 5.41) is 21.3. The Kier molecular flexibility index (Phi) is 6.39. The Morgan fingerprint density at radius 3 is 2.57 bits per heavy atom. The first-order chi connectivity index (χ1) is 10.00. The van der Waals surface area contributed by atoms with Gasteiger partial charge in [0.15, 0.2) is 0 Å². The number of methoxy groups -OCH3 is 1. The fourth-order valence-corrected chi connectivity index (χ4v) is 1.89. The van der Waals surface area contributed by atoms with Gasteiger partial charge in [-0.15, -0.1) is 0 Å². The van der Waals surface area contributed by atoms with E-state index in [4.69, 9.17) is 4.74 Å². The standard InChI is InChI=1S/C16H23NO4/c1-4-16(10-18,11-19)17-15(20)8-6-13-9-12(2)5-7-14(13)21-3/h5-9,18-19H,4,10-11H2,1-3H3,(H,17,20)/b8-6+. The summed E-state index contributed by atoms with van der Waals surface area (Å²) in [6, 6.07) is 5.67. The molecule has 5 heteroatoms. The molecular weight excluding hydrogens is 270 g/mol. The van der Waals surface area contributed by atoms with E-state index in [2.05, 4.69) is 5.32 Å². The molecule has 0 saturated carbocycles. The first-order valence-electron chi connectivity index (χ1n) is 6.87. The Bertz CT molecular complexity index is 499. The number of hydrogen-bond acceptors (Lipinski definition) is 4. The van der Waals surface area contributed by atoms with Crippen molar-refractivity contribution >= 4 is 12.0 Å². The highest BCUT2D eigenvalue weighted by molar-refractivity contribution is 5.92. The van der Waals surface area contributed by atoms with Crippen molar-refractivity contribution in [2.24, 2.45) is 0 Å². The molecule has 0 aliphatic carbocycles. The lowest BCUT2D eigenvalue weighted by atomic mass is 9.98. The first kappa shape index (κ1) is 17.2. The van der Waals surface area contributed by atoms with Crippen molar-refractivity contribution < 1.29 is 19.7 Å². The molecule has 0 unspecified atom stereocenters. The van der Waals surface area contributed by atoms with Crippen LogP contribution in [0.2, 0.25) is 0 Å². The lowest BCUT2D eigenvalue weighted by molar-refractivity contribution is -0.119. The molecule has 0 aromatic heterocycles. The van der Waals surface area contributed by atoms with Crippen LogP contribution in [0.5, 0.6) is 5.75 Å². The second-order valence-electron chi connectivity index (χ2n) is 5.02. The van der Waals surface area contributed by atoms with Gasteiger partial charge in [0.1, 0.15) is 5.75 Å². The molecule has 1 rings (SSSR count). The van der Waals surface area contributed by atoms with Crippen LogP contribution in [0.4, 0.5) is 0 Å². The third kappa shape index (κ3) is 4.58. The van der Waals surface area contributed by atoms with Crippen molar-refractivity contribution in [1.82, 2.24) is 5.32 Å². The van der Waals surface area contributed by atoms with E-state index in [1.807, 2.05) is 25.1 Å². The molecule has 0 radical (unpaired) electrons. The van der Waals surface area contributed by atoms with Crippen LogP contribution in [0, 0.1) is 6.92 Å². The number of aryl methyl sites for hydroxylation is 1. The number of benzene rings is 1. The van der Waals surface area contributed by atoms with Crippen molar-refractivity contribution in [2.75, 3.05) is 20.3 Å². The van der Waals surface area contributed by atoms with E-state index in [1.165, 1.54) is 6.08 Å². The van der Waals surface area contributed by atoms with Crippen molar-refractivity contribution in [3.8, 4) is 5.75 Å². The number of nitrogens with one attached hydrogen (secondary N) is 1. The highest BCUT2D eigenvalue weighted by Crippen LogP contribution is 2.21. The van der Waals surface area contributed by atoms with Crippen LogP contribution in [-0.2, 0) is 4.79 Å². The van der Waals surface area contributed by atoms with Gasteiger partial charge in [0, 0.05) is 11.6 Å². The van der Waals surface area contributed by atoms with Gasteiger partial charge in [0.05, 0.1) is 25.9 Å². The number of amides is 1. The zero-order valence-corrected chi connectivity index (χ0v) is 12.7. The zero-order valence-electron chi connectivity index (χ0n) is 12.7. The minimum absolute atomic E-state index is 0.312. The number of aliphatic hydroxyl groups excluding tert-OH is 2. The molecule has 0 aliphatic heterocycles. The lowest BCUT2D eigenvalue weighted by Crippen LogP contribution is -2.53. The summed E-state index contributed by atoms with van der Waals surface area (Å²) >= 11 is 0. The highest BCUT2D eigenvalue weighted by atomic mass is 16.5. The molecule has 0 fully saturated rings. The fraction of sp³-hybridized carbons (Fsp3) is 0.438. The predicted molar refractivity (Wildman–Crippen MR) is 82.1 cm³/mol. The Hall–Kier alpha value is -1.85. The SMILES string of the molecule is CCC(CO)(CO)NC(=O)/C=C/c1cc(C)ccc1OC. The summed E-state index contributed by atoms with van der Waals surface area (Å²) in [5.41, 5.74) is 0.866. The minimum Gasteiger partial charge on any atom is -0.496 e. The maximum Gasteiger partial charge on any atom is 0.244 e. The largest absolute Gasteiger partial charge is 0.496 e. The van der Waals surface area contributed by atoms with Crippen molar-refractivity contribution in [1.29, 1.82) is 0 Å². The van der Waals surface area contributed by atoms with Gasteiger partial charge in [-0.1, -0.05) is 18.6 Å². The third-order valence-electron chi connectivity index (χ3n) is 3.47. The third-order valence-corrected chi connectivity index (χ3v) is 3.47. The lowest BCUT2D eigenvalue weighted by Gasteiger charge is -2.29. The summed E-state index contributed by atoms with van der Waals surface area (Å²) < 4.78 is 5.23. The van der Waals surface area contributed by atoms with E-state index in [1.54, 1.807) is 20.1 Å². The van der Waals surface area contributed by atoms with E-state index in [0.717, 1.165) is 11.1 Å². The van der Waals surface area contributed by atoms with E-state index in [0.29, 0.717) is 12.2 Å². The zero-order chi connectivity index (χ0) is 15.9. The molecule has 0 saturated heterocycles. The molecule has 0 heterocycles. The van der Waals surface area contributed by atoms with Crippen LogP contribution >= 0.6 is 0 Å².